The lowest BCUT2D eigenvalue weighted by molar-refractivity contribution is -0.0764. The molecule has 0 bridgehead atoms. The van der Waals surface area contributed by atoms with Gasteiger partial charge in [-0.1, -0.05) is 30.7 Å². The van der Waals surface area contributed by atoms with Gasteiger partial charge in [-0.15, -0.1) is 5.12 Å². The number of nitrogens with zero attached hydrogens (tertiary/aromatic N) is 3. The van der Waals surface area contributed by atoms with Gasteiger partial charge in [0.2, 0.25) is 0 Å². The highest BCUT2D eigenvalue weighted by molar-refractivity contribution is 5.54. The van der Waals surface area contributed by atoms with Gasteiger partial charge >= 0.3 is 0 Å². The third-order valence-electron chi connectivity index (χ3n) is 2.00. The van der Waals surface area contributed by atoms with Crippen molar-refractivity contribution in [2.45, 2.75) is 39.0 Å². The van der Waals surface area contributed by atoms with Crippen LogP contribution in [0.4, 0.5) is 8.87 Å². The van der Waals surface area contributed by atoms with Crippen LogP contribution < -0.4 is 0 Å². The van der Waals surface area contributed by atoms with Gasteiger partial charge in [-0.3, -0.25) is 0 Å². The van der Waals surface area contributed by atoms with Gasteiger partial charge in [-0.25, -0.2) is 5.01 Å². The molecular weight excluding hydrogens is 176 g/mol. The number of alkyl halides is 1. The van der Waals surface area contributed by atoms with Crippen LogP contribution in [0, 0.1) is 0 Å². The molecule has 0 aromatic rings. The molecule has 1 aliphatic rings. The summed E-state index contributed by atoms with van der Waals surface area (Å²) in [6, 6.07) is 0. The minimum Gasteiger partial charge on any atom is -0.243 e. The highest BCUT2D eigenvalue weighted by Gasteiger charge is 2.26. The van der Waals surface area contributed by atoms with Crippen LogP contribution in [0.3, 0.4) is 0 Å². The number of rotatable bonds is 5. The third-order valence-corrected chi connectivity index (χ3v) is 2.00. The van der Waals surface area contributed by atoms with Crippen LogP contribution in [-0.2, 0) is 0 Å². The van der Waals surface area contributed by atoms with Gasteiger partial charge in [-0.2, -0.15) is 9.49 Å². The van der Waals surface area contributed by atoms with E-state index in [1.165, 1.54) is 0 Å². The van der Waals surface area contributed by atoms with Gasteiger partial charge in [0.05, 0.1) is 0 Å². The SMILES string of the molecule is CCCCCCN1N=CN(F)C1F. The highest BCUT2D eigenvalue weighted by Crippen LogP contribution is 2.14. The van der Waals surface area contributed by atoms with Gasteiger partial charge in [-0.05, 0) is 6.42 Å². The predicted octanol–water partition coefficient (Wildman–Crippen LogP) is 2.27. The number of hydrogen-bond donors (Lipinski definition) is 0. The lowest BCUT2D eigenvalue weighted by Gasteiger charge is -2.17. The summed E-state index contributed by atoms with van der Waals surface area (Å²) in [5.74, 6) is 0. The maximum atomic E-state index is 12.8. The molecule has 5 heteroatoms. The van der Waals surface area contributed by atoms with E-state index in [1.807, 2.05) is 0 Å². The summed E-state index contributed by atoms with van der Waals surface area (Å²) in [5.41, 5.74) is 0. The zero-order valence-corrected chi connectivity index (χ0v) is 7.79. The van der Waals surface area contributed by atoms with Crippen molar-refractivity contribution in [3.8, 4) is 0 Å². The van der Waals surface area contributed by atoms with E-state index in [9.17, 15) is 8.87 Å². The lowest BCUT2D eigenvalue weighted by atomic mass is 10.2. The van der Waals surface area contributed by atoms with E-state index >= 15 is 0 Å². The van der Waals surface area contributed by atoms with Crippen molar-refractivity contribution in [1.82, 2.24) is 10.1 Å². The first-order chi connectivity index (χ1) is 6.25. The second kappa shape index (κ2) is 4.99. The quantitative estimate of drug-likeness (QED) is 0.377. The van der Waals surface area contributed by atoms with Gasteiger partial charge < -0.3 is 0 Å². The van der Waals surface area contributed by atoms with Crippen molar-refractivity contribution >= 4 is 6.34 Å². The fraction of sp³-hybridized carbons (Fsp3) is 0.875. The summed E-state index contributed by atoms with van der Waals surface area (Å²) in [6.45, 7) is 2.59. The molecule has 1 unspecified atom stereocenters. The summed E-state index contributed by atoms with van der Waals surface area (Å²) in [5, 5.41) is 4.67. The Hall–Kier alpha value is -0.870. The Morgan fingerprint density at radius 1 is 1.38 bits per heavy atom. The molecule has 76 valence electrons. The molecule has 0 spiro atoms. The molecule has 13 heavy (non-hydrogen) atoms. The molecule has 0 aliphatic carbocycles. The molecule has 0 fully saturated rings. The normalized spacial score (nSPS) is 21.6. The first kappa shape index (κ1) is 10.2. The summed E-state index contributed by atoms with van der Waals surface area (Å²) in [4.78, 5) is 0. The summed E-state index contributed by atoms with van der Waals surface area (Å²) < 4.78 is 25.3. The molecule has 1 heterocycles. The predicted molar refractivity (Wildman–Crippen MR) is 47.2 cm³/mol. The first-order valence-corrected chi connectivity index (χ1v) is 4.64. The van der Waals surface area contributed by atoms with Crippen LogP contribution in [-0.4, -0.2) is 29.4 Å². The third kappa shape index (κ3) is 2.82. The summed E-state index contributed by atoms with van der Waals surface area (Å²) >= 11 is 0. The smallest absolute Gasteiger partial charge is 0.243 e. The van der Waals surface area contributed by atoms with E-state index in [-0.39, 0.29) is 5.12 Å². The second-order valence-electron chi connectivity index (χ2n) is 3.11. The van der Waals surface area contributed by atoms with Crippen LogP contribution in [0.15, 0.2) is 5.10 Å². The molecule has 1 rings (SSSR count). The number of unbranched alkanes of at least 4 members (excludes halogenated alkanes) is 3. The van der Waals surface area contributed by atoms with Crippen molar-refractivity contribution in [2.75, 3.05) is 6.54 Å². The fourth-order valence-electron chi connectivity index (χ4n) is 1.22. The number of hydrazone groups is 1. The van der Waals surface area contributed by atoms with Crippen molar-refractivity contribution in [3.05, 3.63) is 0 Å². The van der Waals surface area contributed by atoms with Crippen molar-refractivity contribution < 1.29 is 8.87 Å². The monoisotopic (exact) mass is 191 g/mol. The topological polar surface area (TPSA) is 18.8 Å². The Morgan fingerprint density at radius 2 is 2.15 bits per heavy atom. The standard InChI is InChI=1S/C8H15F2N3/c1-2-3-4-5-6-13-8(9)12(10)7-11-13/h7-8H,2-6H2,1H3. The zero-order valence-electron chi connectivity index (χ0n) is 7.79. The fourth-order valence-corrected chi connectivity index (χ4v) is 1.22. The zero-order chi connectivity index (χ0) is 9.68. The molecular formula is C8H15F2N3. The van der Waals surface area contributed by atoms with Crippen LogP contribution >= 0.6 is 0 Å². The van der Waals surface area contributed by atoms with Gasteiger partial charge in [0.15, 0.2) is 0 Å². The molecule has 0 amide bonds. The Labute approximate surface area is 76.9 Å². The summed E-state index contributed by atoms with van der Waals surface area (Å²) in [6.07, 6.45) is 3.32. The maximum Gasteiger partial charge on any atom is 0.291 e. The van der Waals surface area contributed by atoms with Crippen LogP contribution in [0.25, 0.3) is 0 Å². The van der Waals surface area contributed by atoms with E-state index in [0.29, 0.717) is 6.54 Å². The van der Waals surface area contributed by atoms with Crippen LogP contribution in [0.2, 0.25) is 0 Å². The number of hydrogen-bond acceptors (Lipinski definition) is 3. The van der Waals surface area contributed by atoms with Gasteiger partial charge in [0.1, 0.15) is 6.34 Å². The Morgan fingerprint density at radius 3 is 2.69 bits per heavy atom. The van der Waals surface area contributed by atoms with E-state index in [1.54, 1.807) is 0 Å². The molecule has 1 aliphatic heterocycles. The molecule has 3 nitrogen and oxygen atoms in total. The van der Waals surface area contributed by atoms with E-state index < -0.39 is 6.42 Å². The van der Waals surface area contributed by atoms with Crippen LogP contribution in [0.1, 0.15) is 32.6 Å². The maximum absolute atomic E-state index is 12.8. The summed E-state index contributed by atoms with van der Waals surface area (Å²) in [7, 11) is 0. The largest absolute Gasteiger partial charge is 0.291 e. The Balaban J connectivity index is 2.12. The molecule has 0 radical (unpaired) electrons. The minimum atomic E-state index is -1.72. The molecule has 0 saturated heterocycles. The van der Waals surface area contributed by atoms with Crippen molar-refractivity contribution in [1.29, 1.82) is 0 Å². The molecule has 0 aromatic carbocycles. The van der Waals surface area contributed by atoms with E-state index in [4.69, 9.17) is 0 Å². The number of halogens is 2. The average molecular weight is 191 g/mol. The van der Waals surface area contributed by atoms with Crippen LogP contribution in [0.5, 0.6) is 0 Å². The molecule has 0 N–H and O–H groups in total. The van der Waals surface area contributed by atoms with Gasteiger partial charge in [0, 0.05) is 6.54 Å². The van der Waals surface area contributed by atoms with E-state index in [2.05, 4.69) is 12.0 Å². The molecule has 1 atom stereocenters. The lowest BCUT2D eigenvalue weighted by Crippen LogP contribution is -2.31. The average Bonchev–Trinajstić information content (AvgIpc) is 2.43. The van der Waals surface area contributed by atoms with E-state index in [0.717, 1.165) is 37.0 Å². The minimum absolute atomic E-state index is 0.0280. The Bertz CT molecular complexity index is 175. The van der Waals surface area contributed by atoms with Crippen molar-refractivity contribution in [3.63, 3.8) is 0 Å². The van der Waals surface area contributed by atoms with Crippen molar-refractivity contribution in [2.24, 2.45) is 5.10 Å². The van der Waals surface area contributed by atoms with Gasteiger partial charge in [0.25, 0.3) is 6.42 Å². The molecule has 0 aromatic heterocycles. The second-order valence-corrected chi connectivity index (χ2v) is 3.11. The first-order valence-electron chi connectivity index (χ1n) is 4.64. The Kier molecular flexibility index (Phi) is 3.92. The molecule has 0 saturated carbocycles. The highest BCUT2D eigenvalue weighted by atomic mass is 19.2.